The minimum Gasteiger partial charge on any atom is -0.507 e. The molecule has 3 N–H and O–H groups in total. The highest BCUT2D eigenvalue weighted by atomic mass is 16.5. The number of amides is 1. The van der Waals surface area contributed by atoms with Gasteiger partial charge in [0.25, 0.3) is 5.91 Å². The normalized spacial score (nSPS) is 14.6. The Bertz CT molecular complexity index is 1480. The summed E-state index contributed by atoms with van der Waals surface area (Å²) in [5, 5.41) is 28.5. The Balaban J connectivity index is 1.61. The summed E-state index contributed by atoms with van der Waals surface area (Å²) in [6.07, 6.45) is 0.628. The number of hydrogen-bond acceptors (Lipinski definition) is 6. The molecule has 0 aliphatic carbocycles. The van der Waals surface area contributed by atoms with Crippen molar-refractivity contribution in [2.24, 2.45) is 0 Å². The Morgan fingerprint density at radius 2 is 1.76 bits per heavy atom. The van der Waals surface area contributed by atoms with Crippen LogP contribution in [0.4, 0.5) is 0 Å². The molecule has 3 aromatic carbocycles. The summed E-state index contributed by atoms with van der Waals surface area (Å²) in [4.78, 5) is 15.5. The van der Waals surface area contributed by atoms with Gasteiger partial charge < -0.3 is 24.6 Å². The summed E-state index contributed by atoms with van der Waals surface area (Å²) in [5.74, 6) is 1.05. The number of nitrogens with zero attached hydrogens (tertiary/aromatic N) is 2. The van der Waals surface area contributed by atoms with Gasteiger partial charge in [0, 0.05) is 17.7 Å². The van der Waals surface area contributed by atoms with Gasteiger partial charge >= 0.3 is 0 Å². The number of ether oxygens (including phenoxy) is 2. The zero-order valence-electron chi connectivity index (χ0n) is 21.2. The van der Waals surface area contributed by atoms with E-state index in [1.165, 1.54) is 7.11 Å². The highest BCUT2D eigenvalue weighted by Crippen LogP contribution is 2.46. The van der Waals surface area contributed by atoms with Crippen molar-refractivity contribution in [2.45, 2.75) is 26.3 Å². The van der Waals surface area contributed by atoms with E-state index in [1.54, 1.807) is 30.2 Å². The fourth-order valence-corrected chi connectivity index (χ4v) is 5.03. The van der Waals surface area contributed by atoms with Crippen LogP contribution in [0.25, 0.3) is 11.3 Å². The zero-order valence-corrected chi connectivity index (χ0v) is 21.2. The summed E-state index contributed by atoms with van der Waals surface area (Å²) in [5.41, 5.74) is 5.71. The first-order valence-corrected chi connectivity index (χ1v) is 12.0. The minimum atomic E-state index is -0.496. The fourth-order valence-electron chi connectivity index (χ4n) is 5.03. The van der Waals surface area contributed by atoms with Crippen molar-refractivity contribution in [2.75, 3.05) is 20.8 Å². The Morgan fingerprint density at radius 3 is 2.46 bits per heavy atom. The molecule has 1 aromatic heterocycles. The average Bonchev–Trinajstić information content (AvgIpc) is 3.44. The fraction of sp³-hybridized carbons (Fsp3) is 0.241. The third-order valence-corrected chi connectivity index (χ3v) is 6.88. The van der Waals surface area contributed by atoms with Crippen LogP contribution in [0.2, 0.25) is 0 Å². The SMILES string of the molecule is COc1ccc(CCN2C(=O)c3[nH]nc(-c4cc(C)cc(C)c4O)c3C2c2ccc(O)c(OC)c2)cc1. The lowest BCUT2D eigenvalue weighted by Crippen LogP contribution is -2.31. The van der Waals surface area contributed by atoms with Gasteiger partial charge in [-0.1, -0.05) is 24.3 Å². The molecule has 1 aliphatic rings. The van der Waals surface area contributed by atoms with Crippen molar-refractivity contribution in [3.05, 3.63) is 88.1 Å². The third kappa shape index (κ3) is 4.24. The van der Waals surface area contributed by atoms with Gasteiger partial charge in [0.05, 0.1) is 20.3 Å². The molecule has 190 valence electrons. The number of hydrogen-bond donors (Lipinski definition) is 3. The highest BCUT2D eigenvalue weighted by Gasteiger charge is 2.42. The maximum Gasteiger partial charge on any atom is 0.273 e. The maximum absolute atomic E-state index is 13.7. The third-order valence-electron chi connectivity index (χ3n) is 6.88. The summed E-state index contributed by atoms with van der Waals surface area (Å²) in [6, 6.07) is 16.1. The molecule has 1 aliphatic heterocycles. The lowest BCUT2D eigenvalue weighted by molar-refractivity contribution is 0.0745. The van der Waals surface area contributed by atoms with Crippen molar-refractivity contribution >= 4 is 5.91 Å². The second-order valence-electron chi connectivity index (χ2n) is 9.27. The summed E-state index contributed by atoms with van der Waals surface area (Å²) >= 11 is 0. The van der Waals surface area contributed by atoms with Crippen molar-refractivity contribution < 1.29 is 24.5 Å². The van der Waals surface area contributed by atoms with E-state index in [-0.39, 0.29) is 17.4 Å². The quantitative estimate of drug-likeness (QED) is 0.334. The predicted octanol–water partition coefficient (Wildman–Crippen LogP) is 4.91. The van der Waals surface area contributed by atoms with E-state index in [4.69, 9.17) is 9.47 Å². The van der Waals surface area contributed by atoms with Crippen LogP contribution in [-0.4, -0.2) is 52.0 Å². The summed E-state index contributed by atoms with van der Waals surface area (Å²) in [7, 11) is 3.11. The first kappa shape index (κ1) is 24.2. The summed E-state index contributed by atoms with van der Waals surface area (Å²) < 4.78 is 10.6. The number of aromatic hydroxyl groups is 2. The van der Waals surface area contributed by atoms with E-state index in [1.807, 2.05) is 50.2 Å². The standard InChI is InChI=1S/C29H29N3O5/c1-16-13-17(2)28(34)21(14-16)25-24-26(31-30-25)29(35)32(12-11-18-5-8-20(36-3)9-6-18)27(24)19-7-10-22(33)23(15-19)37-4/h5-10,13-15,27,33-34H,11-12H2,1-4H3,(H,30,31). The number of carbonyl (C=O) groups is 1. The number of phenols is 2. The first-order chi connectivity index (χ1) is 17.8. The van der Waals surface area contributed by atoms with Crippen molar-refractivity contribution in [3.8, 4) is 34.3 Å². The average molecular weight is 500 g/mol. The van der Waals surface area contributed by atoms with Gasteiger partial charge in [0.15, 0.2) is 11.5 Å². The number of benzene rings is 3. The van der Waals surface area contributed by atoms with Gasteiger partial charge in [-0.3, -0.25) is 9.89 Å². The molecule has 8 heteroatoms. The van der Waals surface area contributed by atoms with Crippen LogP contribution in [-0.2, 0) is 6.42 Å². The second kappa shape index (κ2) is 9.54. The van der Waals surface area contributed by atoms with Crippen LogP contribution in [0.15, 0.2) is 54.6 Å². The smallest absolute Gasteiger partial charge is 0.273 e. The predicted molar refractivity (Wildman–Crippen MR) is 139 cm³/mol. The Hall–Kier alpha value is -4.46. The number of methoxy groups -OCH3 is 2. The van der Waals surface area contributed by atoms with E-state index < -0.39 is 6.04 Å². The van der Waals surface area contributed by atoms with E-state index in [9.17, 15) is 15.0 Å². The van der Waals surface area contributed by atoms with Gasteiger partial charge in [-0.2, -0.15) is 5.10 Å². The molecule has 8 nitrogen and oxygen atoms in total. The van der Waals surface area contributed by atoms with Crippen LogP contribution in [0.3, 0.4) is 0 Å². The topological polar surface area (TPSA) is 108 Å². The van der Waals surface area contributed by atoms with E-state index in [0.29, 0.717) is 41.2 Å². The first-order valence-electron chi connectivity index (χ1n) is 12.0. The van der Waals surface area contributed by atoms with Gasteiger partial charge in [0.1, 0.15) is 22.9 Å². The lowest BCUT2D eigenvalue weighted by atomic mass is 9.93. The number of fused-ring (bicyclic) bond motifs is 1. The largest absolute Gasteiger partial charge is 0.507 e. The number of aromatic amines is 1. The Morgan fingerprint density at radius 1 is 1.00 bits per heavy atom. The number of aromatic nitrogens is 2. The van der Waals surface area contributed by atoms with Crippen molar-refractivity contribution in [3.63, 3.8) is 0 Å². The number of rotatable bonds is 7. The molecule has 0 radical (unpaired) electrons. The van der Waals surface area contributed by atoms with Gasteiger partial charge in [-0.15, -0.1) is 0 Å². The van der Waals surface area contributed by atoms with Crippen molar-refractivity contribution in [1.29, 1.82) is 0 Å². The molecule has 1 amide bonds. The number of H-pyrrole nitrogens is 1. The van der Waals surface area contributed by atoms with Crippen molar-refractivity contribution in [1.82, 2.24) is 15.1 Å². The van der Waals surface area contributed by atoms with Crippen LogP contribution in [0, 0.1) is 13.8 Å². The number of aryl methyl sites for hydroxylation is 2. The van der Waals surface area contributed by atoms with Gasteiger partial charge in [-0.05, 0) is 72.9 Å². The van der Waals surface area contributed by atoms with Gasteiger partial charge in [-0.25, -0.2) is 0 Å². The van der Waals surface area contributed by atoms with Gasteiger partial charge in [0.2, 0.25) is 0 Å². The molecule has 0 bridgehead atoms. The lowest BCUT2D eigenvalue weighted by Gasteiger charge is -2.27. The maximum atomic E-state index is 13.7. The summed E-state index contributed by atoms with van der Waals surface area (Å²) in [6.45, 7) is 4.24. The molecule has 2 heterocycles. The molecule has 1 unspecified atom stereocenters. The Labute approximate surface area is 215 Å². The molecule has 0 spiro atoms. The number of nitrogens with one attached hydrogen (secondary N) is 1. The number of carbonyl (C=O) groups excluding carboxylic acids is 1. The second-order valence-corrected chi connectivity index (χ2v) is 9.27. The number of phenolic OH excluding ortho intramolecular Hbond substituents is 2. The molecular formula is C29H29N3O5. The van der Waals surface area contributed by atoms with Crippen LogP contribution in [0.1, 0.15) is 44.3 Å². The van der Waals surface area contributed by atoms with E-state index in [2.05, 4.69) is 10.2 Å². The molecule has 37 heavy (non-hydrogen) atoms. The molecule has 1 atom stereocenters. The Kier molecular flexibility index (Phi) is 6.25. The highest BCUT2D eigenvalue weighted by molar-refractivity contribution is 6.00. The molecule has 5 rings (SSSR count). The van der Waals surface area contributed by atoms with Crippen LogP contribution in [0.5, 0.6) is 23.0 Å². The molecule has 0 saturated carbocycles. The van der Waals surface area contributed by atoms with Crippen LogP contribution < -0.4 is 9.47 Å². The zero-order chi connectivity index (χ0) is 26.3. The minimum absolute atomic E-state index is 0.0138. The molecule has 0 fully saturated rings. The molecule has 4 aromatic rings. The van der Waals surface area contributed by atoms with E-state index in [0.717, 1.165) is 28.0 Å². The monoisotopic (exact) mass is 499 g/mol. The molecular weight excluding hydrogens is 470 g/mol. The van der Waals surface area contributed by atoms with E-state index >= 15 is 0 Å². The van der Waals surface area contributed by atoms with Crippen LogP contribution >= 0.6 is 0 Å². The molecule has 0 saturated heterocycles.